The van der Waals surface area contributed by atoms with Gasteiger partial charge in [-0.05, 0) is 42.2 Å². The minimum absolute atomic E-state index is 0.471. The lowest BCUT2D eigenvalue weighted by molar-refractivity contribution is 0.295. The second kappa shape index (κ2) is 6.45. The molecule has 3 rings (SSSR count). The van der Waals surface area contributed by atoms with Crippen LogP contribution in [-0.2, 0) is 0 Å². The molecule has 1 nitrogen and oxygen atoms in total. The van der Waals surface area contributed by atoms with Gasteiger partial charge in [0.25, 0.3) is 0 Å². The van der Waals surface area contributed by atoms with Crippen molar-refractivity contribution in [3.63, 3.8) is 0 Å². The molecule has 2 aromatic carbocycles. The van der Waals surface area contributed by atoms with E-state index in [0.717, 1.165) is 17.4 Å². The molecule has 20 heavy (non-hydrogen) atoms. The minimum Gasteiger partial charge on any atom is -0.457 e. The Balaban J connectivity index is 1.61. The van der Waals surface area contributed by atoms with Crippen molar-refractivity contribution in [3.05, 3.63) is 60.2 Å². The maximum atomic E-state index is 5.81. The van der Waals surface area contributed by atoms with Crippen LogP contribution < -0.4 is 4.74 Å². The number of benzene rings is 2. The fraction of sp³-hybridized carbons (Fsp3) is 0.333. The summed E-state index contributed by atoms with van der Waals surface area (Å²) in [5, 5.41) is 0. The van der Waals surface area contributed by atoms with Crippen LogP contribution in [0.5, 0.6) is 11.5 Å². The van der Waals surface area contributed by atoms with E-state index < -0.39 is 0 Å². The normalized spacial score (nSPS) is 16.4. The van der Waals surface area contributed by atoms with Gasteiger partial charge in [0.2, 0.25) is 0 Å². The van der Waals surface area contributed by atoms with Gasteiger partial charge in [-0.3, -0.25) is 0 Å². The molecule has 0 saturated heterocycles. The van der Waals surface area contributed by atoms with Gasteiger partial charge < -0.3 is 4.74 Å². The van der Waals surface area contributed by atoms with Gasteiger partial charge in [-0.25, -0.2) is 0 Å². The Kier molecular flexibility index (Phi) is 4.41. The minimum atomic E-state index is 0.471. The van der Waals surface area contributed by atoms with Crippen LogP contribution in [-0.4, -0.2) is 0 Å². The predicted molar refractivity (Wildman–Crippen MR) is 86.6 cm³/mol. The zero-order valence-corrected chi connectivity index (χ0v) is 13.1. The van der Waals surface area contributed by atoms with Crippen molar-refractivity contribution in [2.24, 2.45) is 5.92 Å². The van der Waals surface area contributed by atoms with Gasteiger partial charge in [-0.2, -0.15) is 0 Å². The lowest BCUT2D eigenvalue weighted by atomic mass is 9.81. The van der Waals surface area contributed by atoms with Crippen LogP contribution in [0.25, 0.3) is 0 Å². The molecule has 0 bridgehead atoms. The Morgan fingerprint density at radius 3 is 2.20 bits per heavy atom. The van der Waals surface area contributed by atoms with Crippen LogP contribution in [0, 0.1) is 5.92 Å². The van der Waals surface area contributed by atoms with Gasteiger partial charge in [0, 0.05) is 4.83 Å². The molecule has 0 heterocycles. The van der Waals surface area contributed by atoms with E-state index in [1.54, 1.807) is 0 Å². The van der Waals surface area contributed by atoms with Crippen molar-refractivity contribution in [1.29, 1.82) is 0 Å². The highest BCUT2D eigenvalue weighted by atomic mass is 79.9. The van der Waals surface area contributed by atoms with Crippen LogP contribution in [0.3, 0.4) is 0 Å². The highest BCUT2D eigenvalue weighted by Crippen LogP contribution is 2.39. The smallest absolute Gasteiger partial charge is 0.127 e. The van der Waals surface area contributed by atoms with E-state index >= 15 is 0 Å². The molecule has 1 aliphatic rings. The molecular weight excluding hydrogens is 312 g/mol. The Morgan fingerprint density at radius 1 is 0.950 bits per heavy atom. The Labute approximate surface area is 129 Å². The third-order valence-electron chi connectivity index (χ3n) is 3.99. The van der Waals surface area contributed by atoms with Gasteiger partial charge in [-0.15, -0.1) is 0 Å². The molecule has 2 aromatic rings. The first-order valence-electron chi connectivity index (χ1n) is 7.28. The monoisotopic (exact) mass is 330 g/mol. The van der Waals surface area contributed by atoms with Gasteiger partial charge in [0.15, 0.2) is 0 Å². The van der Waals surface area contributed by atoms with Gasteiger partial charge >= 0.3 is 0 Å². The molecule has 0 aromatic heterocycles. The Morgan fingerprint density at radius 2 is 1.60 bits per heavy atom. The molecule has 0 spiro atoms. The average molecular weight is 331 g/mol. The summed E-state index contributed by atoms with van der Waals surface area (Å²) in [5.41, 5.74) is 1.34. The van der Waals surface area contributed by atoms with Crippen molar-refractivity contribution >= 4 is 15.9 Å². The summed E-state index contributed by atoms with van der Waals surface area (Å²) in [6.45, 7) is 0. The second-order valence-electron chi connectivity index (χ2n) is 5.48. The van der Waals surface area contributed by atoms with E-state index in [2.05, 4.69) is 40.2 Å². The SMILES string of the molecule is BrC(CC1CCC1)c1ccc(Oc2ccccc2)cc1. The predicted octanol–water partition coefficient (Wildman–Crippen LogP) is 6.11. The quantitative estimate of drug-likeness (QED) is 0.601. The number of para-hydroxylation sites is 1. The number of hydrogen-bond acceptors (Lipinski definition) is 1. The maximum Gasteiger partial charge on any atom is 0.127 e. The van der Waals surface area contributed by atoms with Crippen molar-refractivity contribution < 1.29 is 4.74 Å². The third kappa shape index (κ3) is 3.43. The van der Waals surface area contributed by atoms with Crippen LogP contribution in [0.1, 0.15) is 36.1 Å². The van der Waals surface area contributed by atoms with Gasteiger partial charge in [0.05, 0.1) is 0 Å². The van der Waals surface area contributed by atoms with Crippen LogP contribution >= 0.6 is 15.9 Å². The van der Waals surface area contributed by atoms with Gasteiger partial charge in [0.1, 0.15) is 11.5 Å². The zero-order chi connectivity index (χ0) is 13.8. The van der Waals surface area contributed by atoms with E-state index in [1.807, 2.05) is 30.3 Å². The van der Waals surface area contributed by atoms with Gasteiger partial charge in [-0.1, -0.05) is 65.5 Å². The molecular formula is C18H19BrO. The molecule has 0 amide bonds. The van der Waals surface area contributed by atoms with E-state index in [0.29, 0.717) is 4.83 Å². The van der Waals surface area contributed by atoms with E-state index in [4.69, 9.17) is 4.74 Å². The van der Waals surface area contributed by atoms with E-state index in [9.17, 15) is 0 Å². The highest BCUT2D eigenvalue weighted by molar-refractivity contribution is 9.09. The van der Waals surface area contributed by atoms with Crippen LogP contribution in [0.15, 0.2) is 54.6 Å². The summed E-state index contributed by atoms with van der Waals surface area (Å²) in [6.07, 6.45) is 5.46. The van der Waals surface area contributed by atoms with Crippen LogP contribution in [0.2, 0.25) is 0 Å². The summed E-state index contributed by atoms with van der Waals surface area (Å²) in [5.74, 6) is 2.69. The summed E-state index contributed by atoms with van der Waals surface area (Å²) in [4.78, 5) is 0.471. The number of alkyl halides is 1. The molecule has 1 aliphatic carbocycles. The maximum absolute atomic E-state index is 5.81. The van der Waals surface area contributed by atoms with Crippen molar-refractivity contribution in [2.75, 3.05) is 0 Å². The second-order valence-corrected chi connectivity index (χ2v) is 6.59. The molecule has 0 radical (unpaired) electrons. The molecule has 0 aliphatic heterocycles. The number of ether oxygens (including phenoxy) is 1. The Bertz CT molecular complexity index is 531. The summed E-state index contributed by atoms with van der Waals surface area (Å²) in [6, 6.07) is 18.3. The van der Waals surface area contributed by atoms with Crippen molar-refractivity contribution in [2.45, 2.75) is 30.5 Å². The third-order valence-corrected chi connectivity index (χ3v) is 4.89. The number of rotatable bonds is 5. The van der Waals surface area contributed by atoms with Crippen LogP contribution in [0.4, 0.5) is 0 Å². The zero-order valence-electron chi connectivity index (χ0n) is 11.5. The molecule has 2 heteroatoms. The molecule has 0 N–H and O–H groups in total. The largest absolute Gasteiger partial charge is 0.457 e. The van der Waals surface area contributed by atoms with E-state index in [-0.39, 0.29) is 0 Å². The molecule has 1 atom stereocenters. The Hall–Kier alpha value is -1.28. The summed E-state index contributed by atoms with van der Waals surface area (Å²) >= 11 is 3.81. The number of hydrogen-bond donors (Lipinski definition) is 0. The first-order valence-corrected chi connectivity index (χ1v) is 8.20. The lowest BCUT2D eigenvalue weighted by Gasteiger charge is -2.27. The molecule has 1 unspecified atom stereocenters. The summed E-state index contributed by atoms with van der Waals surface area (Å²) < 4.78 is 5.81. The van der Waals surface area contributed by atoms with Crippen molar-refractivity contribution in [1.82, 2.24) is 0 Å². The standard InChI is InChI=1S/C18H19BrO/c19-18(13-14-5-4-6-14)15-9-11-17(12-10-15)20-16-7-2-1-3-8-16/h1-3,7-12,14,18H,4-6,13H2. The molecule has 1 fully saturated rings. The summed E-state index contributed by atoms with van der Waals surface area (Å²) in [7, 11) is 0. The lowest BCUT2D eigenvalue weighted by Crippen LogP contribution is -2.12. The average Bonchev–Trinajstić information content (AvgIpc) is 2.44. The molecule has 1 saturated carbocycles. The highest BCUT2D eigenvalue weighted by Gasteiger charge is 2.21. The molecule has 104 valence electrons. The number of halogens is 1. The van der Waals surface area contributed by atoms with E-state index in [1.165, 1.54) is 31.2 Å². The fourth-order valence-corrected chi connectivity index (χ4v) is 3.36. The van der Waals surface area contributed by atoms with Crippen molar-refractivity contribution in [3.8, 4) is 11.5 Å². The first kappa shape index (κ1) is 13.7. The fourth-order valence-electron chi connectivity index (χ4n) is 2.53. The topological polar surface area (TPSA) is 9.23 Å². The first-order chi connectivity index (χ1) is 9.81.